The van der Waals surface area contributed by atoms with Crippen molar-refractivity contribution in [3.05, 3.63) is 59.9 Å². The number of para-hydroxylation sites is 1. The Morgan fingerprint density at radius 2 is 1.90 bits per heavy atom. The van der Waals surface area contributed by atoms with Crippen molar-refractivity contribution < 1.29 is 17.6 Å². The van der Waals surface area contributed by atoms with Gasteiger partial charge in [-0.15, -0.1) is 0 Å². The molecule has 1 unspecified atom stereocenters. The van der Waals surface area contributed by atoms with Crippen LogP contribution in [-0.2, 0) is 14.8 Å². The lowest BCUT2D eigenvalue weighted by atomic mass is 9.98. The van der Waals surface area contributed by atoms with Crippen molar-refractivity contribution in [2.24, 2.45) is 5.92 Å². The SMILES string of the molecule is Cc1ccc(S(=O)(=O)NCC2CCCN(CCC(=O)Nc3ccccc3F)C2)cc1. The third-order valence-corrected chi connectivity index (χ3v) is 6.74. The molecule has 8 heteroatoms. The lowest BCUT2D eigenvalue weighted by molar-refractivity contribution is -0.116. The fourth-order valence-electron chi connectivity index (χ4n) is 3.58. The van der Waals surface area contributed by atoms with Gasteiger partial charge in [-0.05, 0) is 56.5 Å². The highest BCUT2D eigenvalue weighted by molar-refractivity contribution is 7.89. The first-order valence-electron chi connectivity index (χ1n) is 10.2. The van der Waals surface area contributed by atoms with Crippen molar-refractivity contribution in [1.29, 1.82) is 0 Å². The van der Waals surface area contributed by atoms with Crippen LogP contribution in [0.25, 0.3) is 0 Å². The molecule has 0 spiro atoms. The van der Waals surface area contributed by atoms with E-state index in [2.05, 4.69) is 14.9 Å². The van der Waals surface area contributed by atoms with Gasteiger partial charge in [-0.25, -0.2) is 17.5 Å². The van der Waals surface area contributed by atoms with E-state index in [0.29, 0.717) is 13.1 Å². The number of carbonyl (C=O) groups excluding carboxylic acids is 1. The predicted molar refractivity (Wildman–Crippen MR) is 115 cm³/mol. The van der Waals surface area contributed by atoms with Gasteiger partial charge in [0.25, 0.3) is 0 Å². The molecule has 1 atom stereocenters. The fourth-order valence-corrected chi connectivity index (χ4v) is 4.70. The van der Waals surface area contributed by atoms with E-state index >= 15 is 0 Å². The van der Waals surface area contributed by atoms with Gasteiger partial charge in [-0.3, -0.25) is 4.79 Å². The second-order valence-corrected chi connectivity index (χ2v) is 9.52. The molecule has 162 valence electrons. The first kappa shape index (κ1) is 22.4. The summed E-state index contributed by atoms with van der Waals surface area (Å²) in [7, 11) is -3.53. The number of nitrogens with one attached hydrogen (secondary N) is 2. The Morgan fingerprint density at radius 1 is 1.17 bits per heavy atom. The summed E-state index contributed by atoms with van der Waals surface area (Å²) in [4.78, 5) is 14.6. The Bertz CT molecular complexity index is 964. The number of benzene rings is 2. The van der Waals surface area contributed by atoms with Crippen LogP contribution in [0.4, 0.5) is 10.1 Å². The summed E-state index contributed by atoms with van der Waals surface area (Å²) in [5.41, 5.74) is 1.19. The second-order valence-electron chi connectivity index (χ2n) is 7.75. The number of hydrogen-bond acceptors (Lipinski definition) is 4. The van der Waals surface area contributed by atoms with Crippen LogP contribution in [-0.4, -0.2) is 45.4 Å². The zero-order chi connectivity index (χ0) is 21.6. The number of piperidine rings is 1. The summed E-state index contributed by atoms with van der Waals surface area (Å²) in [6.45, 7) is 4.43. The Morgan fingerprint density at radius 3 is 2.63 bits per heavy atom. The van der Waals surface area contributed by atoms with Crippen molar-refractivity contribution in [2.45, 2.75) is 31.1 Å². The van der Waals surface area contributed by atoms with Crippen molar-refractivity contribution in [1.82, 2.24) is 9.62 Å². The third kappa shape index (κ3) is 6.35. The molecule has 6 nitrogen and oxygen atoms in total. The van der Waals surface area contributed by atoms with E-state index in [0.717, 1.165) is 31.5 Å². The average Bonchev–Trinajstić information content (AvgIpc) is 2.73. The van der Waals surface area contributed by atoms with E-state index in [1.165, 1.54) is 12.1 Å². The van der Waals surface area contributed by atoms with Gasteiger partial charge in [0, 0.05) is 26.1 Å². The van der Waals surface area contributed by atoms with Gasteiger partial charge in [0.05, 0.1) is 10.6 Å². The quantitative estimate of drug-likeness (QED) is 0.670. The molecule has 0 aliphatic carbocycles. The largest absolute Gasteiger partial charge is 0.324 e. The predicted octanol–water partition coefficient (Wildman–Crippen LogP) is 3.15. The maximum Gasteiger partial charge on any atom is 0.240 e. The number of anilines is 1. The van der Waals surface area contributed by atoms with Gasteiger partial charge in [-0.1, -0.05) is 29.8 Å². The standard InChI is InChI=1S/C22H28FN3O3S/c1-17-8-10-19(11-9-17)30(28,29)24-15-18-5-4-13-26(16-18)14-12-22(27)25-21-7-3-2-6-20(21)23/h2-3,6-11,18,24H,4-5,12-16H2,1H3,(H,25,27). The summed E-state index contributed by atoms with van der Waals surface area (Å²) in [6, 6.07) is 12.9. The number of likely N-dealkylation sites (tertiary alicyclic amines) is 1. The molecule has 2 aromatic carbocycles. The van der Waals surface area contributed by atoms with Crippen molar-refractivity contribution in [3.63, 3.8) is 0 Å². The number of hydrogen-bond donors (Lipinski definition) is 2. The minimum atomic E-state index is -3.53. The van der Waals surface area contributed by atoms with E-state index in [-0.39, 0.29) is 28.8 Å². The monoisotopic (exact) mass is 433 g/mol. The van der Waals surface area contributed by atoms with Gasteiger partial charge in [0.15, 0.2) is 0 Å². The normalized spacial score (nSPS) is 17.6. The molecule has 1 heterocycles. The number of halogens is 1. The van der Waals surface area contributed by atoms with E-state index in [4.69, 9.17) is 0 Å². The van der Waals surface area contributed by atoms with E-state index in [1.54, 1.807) is 36.4 Å². The first-order valence-corrected chi connectivity index (χ1v) is 11.6. The molecule has 1 aliphatic rings. The zero-order valence-electron chi connectivity index (χ0n) is 17.1. The summed E-state index contributed by atoms with van der Waals surface area (Å²) >= 11 is 0. The summed E-state index contributed by atoms with van der Waals surface area (Å²) in [6.07, 6.45) is 2.15. The number of carbonyl (C=O) groups is 1. The van der Waals surface area contributed by atoms with Crippen LogP contribution in [0.1, 0.15) is 24.8 Å². The summed E-state index contributed by atoms with van der Waals surface area (Å²) < 4.78 is 41.3. The van der Waals surface area contributed by atoms with Crippen LogP contribution in [0.3, 0.4) is 0 Å². The van der Waals surface area contributed by atoms with Gasteiger partial charge < -0.3 is 10.2 Å². The molecule has 0 aromatic heterocycles. The molecule has 3 rings (SSSR count). The minimum Gasteiger partial charge on any atom is -0.324 e. The van der Waals surface area contributed by atoms with Crippen molar-refractivity contribution >= 4 is 21.6 Å². The topological polar surface area (TPSA) is 78.5 Å². The molecule has 1 fully saturated rings. The Balaban J connectivity index is 1.45. The number of nitrogens with zero attached hydrogens (tertiary/aromatic N) is 1. The summed E-state index contributed by atoms with van der Waals surface area (Å²) in [5.74, 6) is -0.499. The van der Waals surface area contributed by atoms with Crippen molar-refractivity contribution in [2.75, 3.05) is 31.5 Å². The molecule has 1 amide bonds. The third-order valence-electron chi connectivity index (χ3n) is 5.30. The molecule has 1 aliphatic heterocycles. The molecule has 0 bridgehead atoms. The molecular weight excluding hydrogens is 405 g/mol. The average molecular weight is 434 g/mol. The van der Waals surface area contributed by atoms with Crippen LogP contribution in [0.2, 0.25) is 0 Å². The molecule has 1 saturated heterocycles. The van der Waals surface area contributed by atoms with Crippen LogP contribution in [0.5, 0.6) is 0 Å². The minimum absolute atomic E-state index is 0.185. The molecule has 0 saturated carbocycles. The van der Waals surface area contributed by atoms with Crippen LogP contribution < -0.4 is 10.0 Å². The van der Waals surface area contributed by atoms with Gasteiger partial charge in [-0.2, -0.15) is 0 Å². The highest BCUT2D eigenvalue weighted by Gasteiger charge is 2.23. The molecular formula is C22H28FN3O3S. The van der Waals surface area contributed by atoms with E-state index in [1.807, 2.05) is 6.92 Å². The van der Waals surface area contributed by atoms with Gasteiger partial charge in [0.2, 0.25) is 15.9 Å². The van der Waals surface area contributed by atoms with E-state index < -0.39 is 15.8 Å². The zero-order valence-corrected chi connectivity index (χ0v) is 17.9. The highest BCUT2D eigenvalue weighted by atomic mass is 32.2. The first-order chi connectivity index (χ1) is 14.3. The molecule has 0 radical (unpaired) electrons. The molecule has 2 aromatic rings. The Kier molecular flexibility index (Phi) is 7.58. The van der Waals surface area contributed by atoms with Crippen LogP contribution >= 0.6 is 0 Å². The Labute approximate surface area is 177 Å². The smallest absolute Gasteiger partial charge is 0.240 e. The number of aryl methyl sites for hydroxylation is 1. The molecule has 30 heavy (non-hydrogen) atoms. The number of amides is 1. The van der Waals surface area contributed by atoms with Crippen molar-refractivity contribution in [3.8, 4) is 0 Å². The van der Waals surface area contributed by atoms with Gasteiger partial charge >= 0.3 is 0 Å². The van der Waals surface area contributed by atoms with Crippen LogP contribution in [0, 0.1) is 18.7 Å². The number of rotatable bonds is 8. The second kappa shape index (κ2) is 10.1. The lowest BCUT2D eigenvalue weighted by Crippen LogP contribution is -2.41. The maximum absolute atomic E-state index is 13.6. The highest BCUT2D eigenvalue weighted by Crippen LogP contribution is 2.18. The summed E-state index contributed by atoms with van der Waals surface area (Å²) in [5, 5.41) is 2.60. The maximum atomic E-state index is 13.6. The Hall–Kier alpha value is -2.29. The van der Waals surface area contributed by atoms with Gasteiger partial charge in [0.1, 0.15) is 5.82 Å². The fraction of sp³-hybridized carbons (Fsp3) is 0.409. The van der Waals surface area contributed by atoms with Crippen LogP contribution in [0.15, 0.2) is 53.4 Å². The molecule has 2 N–H and O–H groups in total. The lowest BCUT2D eigenvalue weighted by Gasteiger charge is -2.32. The van der Waals surface area contributed by atoms with E-state index in [9.17, 15) is 17.6 Å². The number of sulfonamides is 1.